The van der Waals surface area contributed by atoms with Crippen LogP contribution in [0.4, 0.5) is 0 Å². The summed E-state index contributed by atoms with van der Waals surface area (Å²) in [5, 5.41) is 0. The molecule has 2 N–H and O–H groups in total. The van der Waals surface area contributed by atoms with Gasteiger partial charge in [0, 0.05) is 26.3 Å². The minimum atomic E-state index is -0.00722. The van der Waals surface area contributed by atoms with Crippen LogP contribution in [0.2, 0.25) is 0 Å². The van der Waals surface area contributed by atoms with Crippen molar-refractivity contribution < 1.29 is 4.79 Å². The molecular formula is C13H19N3O. The van der Waals surface area contributed by atoms with Crippen LogP contribution in [0.1, 0.15) is 35.3 Å². The summed E-state index contributed by atoms with van der Waals surface area (Å²) in [7, 11) is 1.84. The van der Waals surface area contributed by atoms with Crippen LogP contribution in [0.5, 0.6) is 0 Å². The van der Waals surface area contributed by atoms with Gasteiger partial charge in [-0.3, -0.25) is 9.78 Å². The van der Waals surface area contributed by atoms with Crippen LogP contribution in [0.25, 0.3) is 0 Å². The number of carbonyl (C=O) groups is 1. The average Bonchev–Trinajstić information content (AvgIpc) is 2.32. The second kappa shape index (κ2) is 5.27. The van der Waals surface area contributed by atoms with Crippen LogP contribution in [-0.4, -0.2) is 29.4 Å². The van der Waals surface area contributed by atoms with Crippen molar-refractivity contribution in [2.45, 2.75) is 25.8 Å². The van der Waals surface area contributed by atoms with Crippen molar-refractivity contribution in [3.05, 3.63) is 29.6 Å². The van der Waals surface area contributed by atoms with Gasteiger partial charge in [-0.05, 0) is 36.5 Å². The van der Waals surface area contributed by atoms with Crippen LogP contribution in [-0.2, 0) is 6.54 Å². The lowest BCUT2D eigenvalue weighted by Gasteiger charge is -2.30. The predicted molar refractivity (Wildman–Crippen MR) is 66.4 cm³/mol. The predicted octanol–water partition coefficient (Wildman–Crippen LogP) is 1.41. The highest BCUT2D eigenvalue weighted by Crippen LogP contribution is 2.27. The standard InChI is InChI=1S/C13H19N3O/c1-16(9-10-3-2-4-10)13(17)12-7-11(8-14)5-6-15-12/h5-7,10H,2-4,8-9,14H2,1H3. The van der Waals surface area contributed by atoms with E-state index >= 15 is 0 Å². The second-order valence-electron chi connectivity index (χ2n) is 4.74. The van der Waals surface area contributed by atoms with Crippen LogP contribution < -0.4 is 5.73 Å². The van der Waals surface area contributed by atoms with E-state index in [4.69, 9.17) is 5.73 Å². The molecule has 1 aromatic rings. The van der Waals surface area contributed by atoms with Gasteiger partial charge in [0.25, 0.3) is 5.91 Å². The summed E-state index contributed by atoms with van der Waals surface area (Å²) in [4.78, 5) is 18.0. The molecule has 1 saturated carbocycles. The summed E-state index contributed by atoms with van der Waals surface area (Å²) >= 11 is 0. The first-order chi connectivity index (χ1) is 8.20. The van der Waals surface area contributed by atoms with E-state index in [9.17, 15) is 4.79 Å². The zero-order valence-electron chi connectivity index (χ0n) is 10.2. The largest absolute Gasteiger partial charge is 0.340 e. The Labute approximate surface area is 102 Å². The second-order valence-corrected chi connectivity index (χ2v) is 4.74. The number of amides is 1. The number of rotatable bonds is 4. The van der Waals surface area contributed by atoms with Crippen LogP contribution in [0, 0.1) is 5.92 Å². The summed E-state index contributed by atoms with van der Waals surface area (Å²) in [6, 6.07) is 3.61. The molecule has 1 fully saturated rings. The highest BCUT2D eigenvalue weighted by atomic mass is 16.2. The van der Waals surface area contributed by atoms with Crippen molar-refractivity contribution in [2.24, 2.45) is 11.7 Å². The smallest absolute Gasteiger partial charge is 0.272 e. The quantitative estimate of drug-likeness (QED) is 0.855. The van der Waals surface area contributed by atoms with Gasteiger partial charge in [-0.25, -0.2) is 0 Å². The first kappa shape index (κ1) is 12.0. The van der Waals surface area contributed by atoms with Gasteiger partial charge in [0.1, 0.15) is 5.69 Å². The summed E-state index contributed by atoms with van der Waals surface area (Å²) < 4.78 is 0. The first-order valence-corrected chi connectivity index (χ1v) is 6.11. The van der Waals surface area contributed by atoms with E-state index in [1.165, 1.54) is 19.3 Å². The maximum Gasteiger partial charge on any atom is 0.272 e. The Morgan fingerprint density at radius 3 is 2.94 bits per heavy atom. The molecule has 1 aromatic heterocycles. The lowest BCUT2D eigenvalue weighted by Crippen LogP contribution is -2.34. The summed E-state index contributed by atoms with van der Waals surface area (Å²) in [6.07, 6.45) is 5.43. The van der Waals surface area contributed by atoms with Gasteiger partial charge in [-0.1, -0.05) is 6.42 Å². The fourth-order valence-electron chi connectivity index (χ4n) is 2.06. The van der Waals surface area contributed by atoms with Gasteiger partial charge in [0.2, 0.25) is 0 Å². The molecule has 1 amide bonds. The fraction of sp³-hybridized carbons (Fsp3) is 0.538. The number of hydrogen-bond donors (Lipinski definition) is 1. The van der Waals surface area contributed by atoms with E-state index < -0.39 is 0 Å². The monoisotopic (exact) mass is 233 g/mol. The van der Waals surface area contributed by atoms with E-state index in [2.05, 4.69) is 4.98 Å². The Morgan fingerprint density at radius 1 is 1.59 bits per heavy atom. The Bertz CT molecular complexity index is 401. The number of nitrogens with two attached hydrogens (primary N) is 1. The van der Waals surface area contributed by atoms with Gasteiger partial charge in [-0.15, -0.1) is 0 Å². The molecule has 2 rings (SSSR count). The van der Waals surface area contributed by atoms with Crippen molar-refractivity contribution >= 4 is 5.91 Å². The van der Waals surface area contributed by atoms with Crippen molar-refractivity contribution in [3.8, 4) is 0 Å². The van der Waals surface area contributed by atoms with Crippen LogP contribution >= 0.6 is 0 Å². The van der Waals surface area contributed by atoms with Gasteiger partial charge >= 0.3 is 0 Å². The highest BCUT2D eigenvalue weighted by molar-refractivity contribution is 5.92. The maximum atomic E-state index is 12.1. The lowest BCUT2D eigenvalue weighted by atomic mass is 9.85. The molecule has 0 aromatic carbocycles. The first-order valence-electron chi connectivity index (χ1n) is 6.11. The van der Waals surface area contributed by atoms with Crippen molar-refractivity contribution in [1.29, 1.82) is 0 Å². The van der Waals surface area contributed by atoms with Crippen molar-refractivity contribution in [1.82, 2.24) is 9.88 Å². The van der Waals surface area contributed by atoms with E-state index in [0.29, 0.717) is 18.2 Å². The lowest BCUT2D eigenvalue weighted by molar-refractivity contribution is 0.0739. The molecule has 0 unspecified atom stereocenters. The van der Waals surface area contributed by atoms with Gasteiger partial charge in [-0.2, -0.15) is 0 Å². The zero-order valence-corrected chi connectivity index (χ0v) is 10.2. The molecular weight excluding hydrogens is 214 g/mol. The SMILES string of the molecule is CN(CC1CCC1)C(=O)c1cc(CN)ccn1. The third-order valence-electron chi connectivity index (χ3n) is 3.38. The Morgan fingerprint density at radius 2 is 2.35 bits per heavy atom. The molecule has 0 bridgehead atoms. The Kier molecular flexibility index (Phi) is 3.74. The topological polar surface area (TPSA) is 59.2 Å². The number of carbonyl (C=O) groups excluding carboxylic acids is 1. The third-order valence-corrected chi connectivity index (χ3v) is 3.38. The molecule has 17 heavy (non-hydrogen) atoms. The number of aromatic nitrogens is 1. The van der Waals surface area contributed by atoms with E-state index in [1.807, 2.05) is 13.1 Å². The van der Waals surface area contributed by atoms with Gasteiger partial charge < -0.3 is 10.6 Å². The van der Waals surface area contributed by atoms with E-state index in [0.717, 1.165) is 12.1 Å². The number of hydrogen-bond acceptors (Lipinski definition) is 3. The minimum Gasteiger partial charge on any atom is -0.340 e. The van der Waals surface area contributed by atoms with Gasteiger partial charge in [0.15, 0.2) is 0 Å². The minimum absolute atomic E-state index is 0.00722. The van der Waals surface area contributed by atoms with Crippen LogP contribution in [0.15, 0.2) is 18.3 Å². The molecule has 92 valence electrons. The molecule has 0 atom stereocenters. The third kappa shape index (κ3) is 2.82. The molecule has 4 heteroatoms. The van der Waals surface area contributed by atoms with Crippen LogP contribution in [0.3, 0.4) is 0 Å². The molecule has 1 aliphatic carbocycles. The molecule has 1 aliphatic rings. The average molecular weight is 233 g/mol. The summed E-state index contributed by atoms with van der Waals surface area (Å²) in [5.74, 6) is 0.675. The van der Waals surface area contributed by atoms with Crippen molar-refractivity contribution in [2.75, 3.05) is 13.6 Å². The highest BCUT2D eigenvalue weighted by Gasteiger charge is 2.22. The normalized spacial score (nSPS) is 15.4. The summed E-state index contributed by atoms with van der Waals surface area (Å²) in [5.41, 5.74) is 6.99. The fourth-order valence-corrected chi connectivity index (χ4v) is 2.06. The molecule has 1 heterocycles. The molecule has 0 radical (unpaired) electrons. The molecule has 0 saturated heterocycles. The Hall–Kier alpha value is -1.42. The maximum absolute atomic E-state index is 12.1. The van der Waals surface area contributed by atoms with E-state index in [1.54, 1.807) is 17.2 Å². The Balaban J connectivity index is 2.01. The van der Waals surface area contributed by atoms with E-state index in [-0.39, 0.29) is 5.91 Å². The molecule has 4 nitrogen and oxygen atoms in total. The number of pyridine rings is 1. The summed E-state index contributed by atoms with van der Waals surface area (Å²) in [6.45, 7) is 1.28. The van der Waals surface area contributed by atoms with Gasteiger partial charge in [0.05, 0.1) is 0 Å². The van der Waals surface area contributed by atoms with Crippen molar-refractivity contribution in [3.63, 3.8) is 0 Å². The zero-order chi connectivity index (χ0) is 12.3. The molecule has 0 spiro atoms. The molecule has 0 aliphatic heterocycles. The number of nitrogens with zero attached hydrogens (tertiary/aromatic N) is 2.